The number of hydrogen-bond acceptors (Lipinski definition) is 1. The molecule has 0 spiro atoms. The lowest BCUT2D eigenvalue weighted by atomic mass is 10.0. The lowest BCUT2D eigenvalue weighted by Crippen LogP contribution is -2.01. The van der Waals surface area contributed by atoms with E-state index in [1.807, 2.05) is 19.1 Å². The van der Waals surface area contributed by atoms with Gasteiger partial charge in [-0.3, -0.25) is 4.79 Å². The summed E-state index contributed by atoms with van der Waals surface area (Å²) in [6.45, 7) is 1.48. The molecule has 2 rings (SSSR count). The second-order valence-electron chi connectivity index (χ2n) is 4.03. The number of carbonyl (C=O) groups is 1. The standard InChI is InChI=1S/C15H13FO/c1-11-2-6-13(7-3-11)15(17)14-8-4-12(10-16)5-9-14/h2-9H,10H2,1H3. The highest BCUT2D eigenvalue weighted by atomic mass is 19.1. The minimum absolute atomic E-state index is 0.0320. The molecule has 2 heteroatoms. The Balaban J connectivity index is 2.27. The highest BCUT2D eigenvalue weighted by Crippen LogP contribution is 2.12. The van der Waals surface area contributed by atoms with Crippen LogP contribution in [0.5, 0.6) is 0 Å². The molecule has 0 atom stereocenters. The van der Waals surface area contributed by atoms with Gasteiger partial charge in [-0.1, -0.05) is 54.1 Å². The van der Waals surface area contributed by atoms with E-state index in [0.29, 0.717) is 16.7 Å². The van der Waals surface area contributed by atoms with Crippen LogP contribution in [0.25, 0.3) is 0 Å². The third-order valence-electron chi connectivity index (χ3n) is 2.68. The Morgan fingerprint density at radius 1 is 0.941 bits per heavy atom. The Kier molecular flexibility index (Phi) is 3.33. The molecule has 0 bridgehead atoms. The number of ketones is 1. The minimum atomic E-state index is -0.501. The molecule has 0 fully saturated rings. The Labute approximate surface area is 99.9 Å². The number of alkyl halides is 1. The Bertz CT molecular complexity index is 512. The number of rotatable bonds is 3. The van der Waals surface area contributed by atoms with Crippen LogP contribution in [-0.2, 0) is 6.67 Å². The summed E-state index contributed by atoms with van der Waals surface area (Å²) in [6, 6.07) is 14.0. The van der Waals surface area contributed by atoms with Crippen molar-refractivity contribution in [3.05, 3.63) is 70.8 Å². The van der Waals surface area contributed by atoms with Gasteiger partial charge in [0, 0.05) is 11.1 Å². The maximum absolute atomic E-state index is 12.3. The smallest absolute Gasteiger partial charge is 0.193 e. The zero-order valence-electron chi connectivity index (χ0n) is 9.61. The summed E-state index contributed by atoms with van der Waals surface area (Å²) in [7, 11) is 0. The van der Waals surface area contributed by atoms with Crippen LogP contribution in [0.3, 0.4) is 0 Å². The van der Waals surface area contributed by atoms with Gasteiger partial charge in [0.15, 0.2) is 5.78 Å². The van der Waals surface area contributed by atoms with Crippen LogP contribution >= 0.6 is 0 Å². The van der Waals surface area contributed by atoms with Crippen LogP contribution in [0, 0.1) is 6.92 Å². The van der Waals surface area contributed by atoms with E-state index < -0.39 is 6.67 Å². The van der Waals surface area contributed by atoms with Crippen LogP contribution < -0.4 is 0 Å². The van der Waals surface area contributed by atoms with Crippen molar-refractivity contribution in [2.45, 2.75) is 13.6 Å². The molecule has 86 valence electrons. The van der Waals surface area contributed by atoms with E-state index in [1.54, 1.807) is 36.4 Å². The molecule has 0 unspecified atom stereocenters. The van der Waals surface area contributed by atoms with Crippen molar-refractivity contribution in [1.82, 2.24) is 0 Å². The summed E-state index contributed by atoms with van der Waals surface area (Å²) >= 11 is 0. The first-order chi connectivity index (χ1) is 8.20. The van der Waals surface area contributed by atoms with Crippen molar-refractivity contribution in [2.24, 2.45) is 0 Å². The first kappa shape index (κ1) is 11.5. The SMILES string of the molecule is Cc1ccc(C(=O)c2ccc(CF)cc2)cc1. The summed E-state index contributed by atoms with van der Waals surface area (Å²) in [4.78, 5) is 12.1. The monoisotopic (exact) mass is 228 g/mol. The molecular formula is C15H13FO. The van der Waals surface area contributed by atoms with Gasteiger partial charge in [-0.2, -0.15) is 0 Å². The van der Waals surface area contributed by atoms with E-state index >= 15 is 0 Å². The second-order valence-corrected chi connectivity index (χ2v) is 4.03. The fourth-order valence-electron chi connectivity index (χ4n) is 1.62. The summed E-state index contributed by atoms with van der Waals surface area (Å²) in [5.41, 5.74) is 2.95. The Hall–Kier alpha value is -1.96. The molecule has 17 heavy (non-hydrogen) atoms. The lowest BCUT2D eigenvalue weighted by molar-refractivity contribution is 0.103. The number of aryl methyl sites for hydroxylation is 1. The molecule has 0 saturated heterocycles. The summed E-state index contributed by atoms with van der Waals surface area (Å²) in [5.74, 6) is -0.0320. The zero-order chi connectivity index (χ0) is 12.3. The first-order valence-electron chi connectivity index (χ1n) is 5.47. The largest absolute Gasteiger partial charge is 0.289 e. The van der Waals surface area contributed by atoms with Gasteiger partial charge in [0.25, 0.3) is 0 Å². The number of halogens is 1. The first-order valence-corrected chi connectivity index (χ1v) is 5.47. The Morgan fingerprint density at radius 2 is 1.41 bits per heavy atom. The molecule has 2 aromatic carbocycles. The second kappa shape index (κ2) is 4.91. The van der Waals surface area contributed by atoms with Gasteiger partial charge in [0.1, 0.15) is 6.67 Å². The molecule has 0 saturated carbocycles. The van der Waals surface area contributed by atoms with E-state index in [-0.39, 0.29) is 5.78 Å². The van der Waals surface area contributed by atoms with Gasteiger partial charge in [-0.15, -0.1) is 0 Å². The van der Waals surface area contributed by atoms with Gasteiger partial charge in [-0.25, -0.2) is 4.39 Å². The lowest BCUT2D eigenvalue weighted by Gasteiger charge is -2.02. The predicted octanol–water partition coefficient (Wildman–Crippen LogP) is 3.70. The molecule has 0 aromatic heterocycles. The normalized spacial score (nSPS) is 10.2. The van der Waals surface area contributed by atoms with Crippen molar-refractivity contribution in [1.29, 1.82) is 0 Å². The van der Waals surface area contributed by atoms with E-state index in [0.717, 1.165) is 5.56 Å². The molecule has 0 aliphatic carbocycles. The minimum Gasteiger partial charge on any atom is -0.289 e. The summed E-state index contributed by atoms with van der Waals surface area (Å²) in [5, 5.41) is 0. The molecule has 0 radical (unpaired) electrons. The molecule has 0 N–H and O–H groups in total. The van der Waals surface area contributed by atoms with Gasteiger partial charge in [0.2, 0.25) is 0 Å². The fraction of sp³-hybridized carbons (Fsp3) is 0.133. The van der Waals surface area contributed by atoms with Crippen LogP contribution in [0.2, 0.25) is 0 Å². The fourth-order valence-corrected chi connectivity index (χ4v) is 1.62. The van der Waals surface area contributed by atoms with Crippen molar-refractivity contribution in [3.8, 4) is 0 Å². The van der Waals surface area contributed by atoms with Crippen LogP contribution in [0.15, 0.2) is 48.5 Å². The van der Waals surface area contributed by atoms with Crippen LogP contribution in [0.1, 0.15) is 27.0 Å². The number of carbonyl (C=O) groups excluding carboxylic acids is 1. The van der Waals surface area contributed by atoms with E-state index in [2.05, 4.69) is 0 Å². The van der Waals surface area contributed by atoms with Crippen molar-refractivity contribution in [2.75, 3.05) is 0 Å². The molecular weight excluding hydrogens is 215 g/mol. The molecule has 1 nitrogen and oxygen atoms in total. The maximum Gasteiger partial charge on any atom is 0.193 e. The predicted molar refractivity (Wildman–Crippen MR) is 65.9 cm³/mol. The molecule has 0 amide bonds. The van der Waals surface area contributed by atoms with Crippen LogP contribution in [0.4, 0.5) is 4.39 Å². The van der Waals surface area contributed by atoms with Gasteiger partial charge < -0.3 is 0 Å². The van der Waals surface area contributed by atoms with E-state index in [9.17, 15) is 9.18 Å². The van der Waals surface area contributed by atoms with Gasteiger partial charge in [-0.05, 0) is 12.5 Å². The quantitative estimate of drug-likeness (QED) is 0.732. The van der Waals surface area contributed by atoms with Crippen LogP contribution in [-0.4, -0.2) is 5.78 Å². The van der Waals surface area contributed by atoms with E-state index in [1.165, 1.54) is 0 Å². The third-order valence-corrected chi connectivity index (χ3v) is 2.68. The number of hydrogen-bond donors (Lipinski definition) is 0. The average Bonchev–Trinajstić information content (AvgIpc) is 2.39. The Morgan fingerprint density at radius 3 is 1.88 bits per heavy atom. The average molecular weight is 228 g/mol. The third kappa shape index (κ3) is 2.59. The van der Waals surface area contributed by atoms with Crippen molar-refractivity contribution >= 4 is 5.78 Å². The van der Waals surface area contributed by atoms with Gasteiger partial charge in [0.05, 0.1) is 0 Å². The topological polar surface area (TPSA) is 17.1 Å². The number of benzene rings is 2. The summed E-state index contributed by atoms with van der Waals surface area (Å²) < 4.78 is 12.3. The molecule has 0 heterocycles. The van der Waals surface area contributed by atoms with Crippen molar-refractivity contribution < 1.29 is 9.18 Å². The highest BCUT2D eigenvalue weighted by Gasteiger charge is 2.08. The van der Waals surface area contributed by atoms with Gasteiger partial charge >= 0.3 is 0 Å². The molecule has 0 aliphatic rings. The van der Waals surface area contributed by atoms with E-state index in [4.69, 9.17) is 0 Å². The molecule has 2 aromatic rings. The highest BCUT2D eigenvalue weighted by molar-refractivity contribution is 6.08. The van der Waals surface area contributed by atoms with Crippen molar-refractivity contribution in [3.63, 3.8) is 0 Å². The zero-order valence-corrected chi connectivity index (χ0v) is 9.61. The summed E-state index contributed by atoms with van der Waals surface area (Å²) in [6.07, 6.45) is 0. The molecule has 0 aliphatic heterocycles. The maximum atomic E-state index is 12.3.